The molecule has 0 aliphatic carbocycles. The molecule has 1 aromatic heterocycles. The van der Waals surface area contributed by atoms with Crippen LogP contribution in [0.15, 0.2) is 30.5 Å². The molecule has 0 aliphatic rings. The third-order valence-electron chi connectivity index (χ3n) is 3.05. The van der Waals surface area contributed by atoms with Crippen molar-refractivity contribution in [2.24, 2.45) is 0 Å². The summed E-state index contributed by atoms with van der Waals surface area (Å²) >= 11 is 0. The molecule has 0 fully saturated rings. The number of nitrogens with zero attached hydrogens (tertiary/aromatic N) is 1. The highest BCUT2D eigenvalue weighted by Gasteiger charge is 2.24. The van der Waals surface area contributed by atoms with Gasteiger partial charge < -0.3 is 9.47 Å². The Morgan fingerprint density at radius 2 is 1.91 bits per heavy atom. The first-order valence-electron chi connectivity index (χ1n) is 7.19. The lowest BCUT2D eigenvalue weighted by Crippen LogP contribution is -2.26. The van der Waals surface area contributed by atoms with Crippen LogP contribution in [-0.4, -0.2) is 22.2 Å². The van der Waals surface area contributed by atoms with Gasteiger partial charge in [0, 0.05) is 24.1 Å². The normalized spacial score (nSPS) is 12.5. The smallest absolute Gasteiger partial charge is 0.419 e. The standard InChI is InChI=1S/C18H19NO4/c1-6-16(22-12(2)20)14-11-19(17(21)23-18(3,4)5)15-10-8-7-9-13(14)15/h1,7-11,16H,2-5H3. The molecule has 1 atom stereocenters. The van der Waals surface area contributed by atoms with Gasteiger partial charge in [-0.25, -0.2) is 4.79 Å². The van der Waals surface area contributed by atoms with Gasteiger partial charge in [-0.1, -0.05) is 24.1 Å². The molecule has 1 aromatic carbocycles. The van der Waals surface area contributed by atoms with Gasteiger partial charge in [0.25, 0.3) is 0 Å². The van der Waals surface area contributed by atoms with Crippen LogP contribution >= 0.6 is 0 Å². The molecule has 5 nitrogen and oxygen atoms in total. The third-order valence-corrected chi connectivity index (χ3v) is 3.05. The maximum Gasteiger partial charge on any atom is 0.419 e. The van der Waals surface area contributed by atoms with Crippen LogP contribution < -0.4 is 0 Å². The van der Waals surface area contributed by atoms with E-state index in [2.05, 4.69) is 5.92 Å². The molecule has 0 saturated carbocycles. The Kier molecular flexibility index (Phi) is 4.46. The molecule has 0 N–H and O–H groups in total. The minimum absolute atomic E-state index is 0.484. The van der Waals surface area contributed by atoms with Gasteiger partial charge in [0.05, 0.1) is 5.52 Å². The topological polar surface area (TPSA) is 57.5 Å². The Morgan fingerprint density at radius 3 is 2.48 bits per heavy atom. The molecule has 2 aromatic rings. The van der Waals surface area contributed by atoms with Gasteiger partial charge in [0.1, 0.15) is 5.60 Å². The number of carbonyl (C=O) groups excluding carboxylic acids is 2. The minimum atomic E-state index is -0.860. The Morgan fingerprint density at radius 1 is 1.26 bits per heavy atom. The zero-order chi connectivity index (χ0) is 17.2. The number of terminal acetylenes is 1. The molecule has 0 spiro atoms. The number of esters is 1. The lowest BCUT2D eigenvalue weighted by atomic mass is 10.1. The van der Waals surface area contributed by atoms with Gasteiger partial charge in [-0.2, -0.15) is 0 Å². The summed E-state index contributed by atoms with van der Waals surface area (Å²) < 4.78 is 11.9. The third kappa shape index (κ3) is 3.72. The van der Waals surface area contributed by atoms with Gasteiger partial charge in [-0.15, -0.1) is 6.42 Å². The molecule has 23 heavy (non-hydrogen) atoms. The summed E-state index contributed by atoms with van der Waals surface area (Å²) in [5.41, 5.74) is 0.595. The molecule has 0 saturated heterocycles. The monoisotopic (exact) mass is 313 g/mol. The van der Waals surface area contributed by atoms with Gasteiger partial charge in [-0.05, 0) is 26.8 Å². The Balaban J connectivity index is 2.54. The summed E-state index contributed by atoms with van der Waals surface area (Å²) in [6, 6.07) is 7.24. The first-order valence-corrected chi connectivity index (χ1v) is 7.19. The van der Waals surface area contributed by atoms with Gasteiger partial charge in [-0.3, -0.25) is 9.36 Å². The van der Waals surface area contributed by atoms with Crippen molar-refractivity contribution in [3.63, 3.8) is 0 Å². The molecule has 1 unspecified atom stereocenters. The second-order valence-electron chi connectivity index (χ2n) is 6.11. The second-order valence-corrected chi connectivity index (χ2v) is 6.11. The molecule has 5 heteroatoms. The highest BCUT2D eigenvalue weighted by molar-refractivity contribution is 5.92. The SMILES string of the molecule is C#CC(OC(C)=O)c1cn(C(=O)OC(C)(C)C)c2ccccc12. The summed E-state index contributed by atoms with van der Waals surface area (Å²) in [5, 5.41) is 0.738. The van der Waals surface area contributed by atoms with Crippen LogP contribution in [0.3, 0.4) is 0 Å². The van der Waals surface area contributed by atoms with E-state index in [1.165, 1.54) is 11.5 Å². The highest BCUT2D eigenvalue weighted by atomic mass is 16.6. The van der Waals surface area contributed by atoms with Crippen molar-refractivity contribution in [1.82, 2.24) is 4.57 Å². The van der Waals surface area contributed by atoms with Crippen LogP contribution in [0, 0.1) is 12.3 Å². The molecule has 120 valence electrons. The average molecular weight is 313 g/mol. The largest absolute Gasteiger partial charge is 0.444 e. The molecule has 0 aliphatic heterocycles. The van der Waals surface area contributed by atoms with Crippen LogP contribution in [-0.2, 0) is 14.3 Å². The number of para-hydroxylation sites is 1. The molecule has 1 heterocycles. The fourth-order valence-corrected chi connectivity index (χ4v) is 2.23. The van der Waals surface area contributed by atoms with Crippen molar-refractivity contribution in [3.8, 4) is 12.3 Å². The number of aromatic nitrogens is 1. The minimum Gasteiger partial charge on any atom is -0.444 e. The zero-order valence-corrected chi connectivity index (χ0v) is 13.6. The Labute approximate surface area is 135 Å². The van der Waals surface area contributed by atoms with Gasteiger partial charge >= 0.3 is 12.1 Å². The average Bonchev–Trinajstić information content (AvgIpc) is 2.82. The predicted octanol–water partition coefficient (Wildman–Crippen LogP) is 3.66. The predicted molar refractivity (Wildman–Crippen MR) is 86.9 cm³/mol. The van der Waals surface area contributed by atoms with E-state index in [0.29, 0.717) is 11.1 Å². The highest BCUT2D eigenvalue weighted by Crippen LogP contribution is 2.29. The molecule has 2 rings (SSSR count). The van der Waals surface area contributed by atoms with Crippen LogP contribution in [0.25, 0.3) is 10.9 Å². The molecule has 0 radical (unpaired) electrons. The number of hydrogen-bond acceptors (Lipinski definition) is 4. The quantitative estimate of drug-likeness (QED) is 0.627. The van der Waals surface area contributed by atoms with E-state index < -0.39 is 23.8 Å². The summed E-state index contributed by atoms with van der Waals surface area (Å²) in [6.07, 6.45) is 5.66. The summed E-state index contributed by atoms with van der Waals surface area (Å²) in [5.74, 6) is 1.95. The molecular formula is C18H19NO4. The van der Waals surface area contributed by atoms with Crippen LogP contribution in [0.1, 0.15) is 39.4 Å². The molecular weight excluding hydrogens is 294 g/mol. The number of carbonyl (C=O) groups is 2. The first kappa shape index (κ1) is 16.6. The van der Waals surface area contributed by atoms with E-state index in [1.54, 1.807) is 33.0 Å². The van der Waals surface area contributed by atoms with E-state index in [9.17, 15) is 9.59 Å². The van der Waals surface area contributed by atoms with E-state index in [0.717, 1.165) is 5.39 Å². The van der Waals surface area contributed by atoms with E-state index in [-0.39, 0.29) is 0 Å². The fourth-order valence-electron chi connectivity index (χ4n) is 2.23. The second kappa shape index (κ2) is 6.17. The summed E-state index contributed by atoms with van der Waals surface area (Å²) in [4.78, 5) is 23.6. The van der Waals surface area contributed by atoms with Crippen molar-refractivity contribution in [1.29, 1.82) is 0 Å². The van der Waals surface area contributed by atoms with E-state index in [1.807, 2.05) is 18.2 Å². The van der Waals surface area contributed by atoms with Crippen molar-refractivity contribution in [2.75, 3.05) is 0 Å². The van der Waals surface area contributed by atoms with Crippen molar-refractivity contribution < 1.29 is 19.1 Å². The Bertz CT molecular complexity index is 789. The lowest BCUT2D eigenvalue weighted by molar-refractivity contribution is -0.143. The number of rotatable bonds is 2. The molecule has 0 amide bonds. The van der Waals surface area contributed by atoms with Crippen molar-refractivity contribution in [2.45, 2.75) is 39.4 Å². The maximum absolute atomic E-state index is 12.4. The van der Waals surface area contributed by atoms with Crippen molar-refractivity contribution >= 4 is 23.0 Å². The lowest BCUT2D eigenvalue weighted by Gasteiger charge is -2.19. The molecule has 0 bridgehead atoms. The van der Waals surface area contributed by atoms with Crippen molar-refractivity contribution in [3.05, 3.63) is 36.0 Å². The Hall–Kier alpha value is -2.74. The van der Waals surface area contributed by atoms with Gasteiger partial charge in [0.2, 0.25) is 0 Å². The van der Waals surface area contributed by atoms with E-state index in [4.69, 9.17) is 15.9 Å². The number of fused-ring (bicyclic) bond motifs is 1. The fraction of sp³-hybridized carbons (Fsp3) is 0.333. The first-order chi connectivity index (χ1) is 10.7. The number of benzene rings is 1. The summed E-state index contributed by atoms with van der Waals surface area (Å²) in [6.45, 7) is 6.67. The number of hydrogen-bond donors (Lipinski definition) is 0. The van der Waals surface area contributed by atoms with Crippen LogP contribution in [0.2, 0.25) is 0 Å². The maximum atomic E-state index is 12.4. The summed E-state index contributed by atoms with van der Waals surface area (Å²) in [7, 11) is 0. The van der Waals surface area contributed by atoms with E-state index >= 15 is 0 Å². The zero-order valence-electron chi connectivity index (χ0n) is 13.6. The van der Waals surface area contributed by atoms with Gasteiger partial charge in [0.15, 0.2) is 6.10 Å². The van der Waals surface area contributed by atoms with Crippen LogP contribution in [0.5, 0.6) is 0 Å². The number of ether oxygens (including phenoxy) is 2. The van der Waals surface area contributed by atoms with Crippen LogP contribution in [0.4, 0.5) is 4.79 Å².